The second-order valence-corrected chi connectivity index (χ2v) is 17.1. The van der Waals surface area contributed by atoms with Crippen molar-refractivity contribution in [3.8, 4) is 0 Å². The molecule has 166 valence electrons. The molecule has 0 unspecified atom stereocenters. The summed E-state index contributed by atoms with van der Waals surface area (Å²) in [5, 5.41) is 2.87. The molecule has 4 rings (SSSR count). The van der Waals surface area contributed by atoms with Crippen LogP contribution in [-0.2, 0) is 9.22 Å². The fraction of sp³-hybridized carbons (Fsp3) is 0.296. The van der Waals surface area contributed by atoms with Crippen LogP contribution in [0.2, 0.25) is 9.85 Å². The van der Waals surface area contributed by atoms with Crippen LogP contribution in [0.4, 0.5) is 0 Å². The van der Waals surface area contributed by atoms with E-state index in [9.17, 15) is 4.79 Å². The molecule has 0 aliphatic carbocycles. The van der Waals surface area contributed by atoms with Crippen LogP contribution in [0.1, 0.15) is 20.8 Å². The zero-order valence-corrected chi connectivity index (χ0v) is 22.4. The topological polar surface area (TPSA) is 26.3 Å². The first-order valence-corrected chi connectivity index (χ1v) is 15.8. The van der Waals surface area contributed by atoms with E-state index in [2.05, 4.69) is 106 Å². The molecule has 0 bridgehead atoms. The molecule has 0 aromatic heterocycles. The van der Waals surface area contributed by atoms with Crippen molar-refractivity contribution < 1.29 is 9.22 Å². The van der Waals surface area contributed by atoms with Gasteiger partial charge in [-0.3, -0.25) is 0 Å². The van der Waals surface area contributed by atoms with Gasteiger partial charge in [0.1, 0.15) is 0 Å². The molecule has 1 aliphatic heterocycles. The third-order valence-corrected chi connectivity index (χ3v) is 15.4. The van der Waals surface area contributed by atoms with Crippen LogP contribution in [-0.4, -0.2) is 40.7 Å². The summed E-state index contributed by atoms with van der Waals surface area (Å²) in [5.74, 6) is 1.12. The van der Waals surface area contributed by atoms with Crippen LogP contribution in [0.15, 0.2) is 91.0 Å². The molecule has 1 aliphatic rings. The molecule has 2 atom stereocenters. The van der Waals surface area contributed by atoms with E-state index in [0.29, 0.717) is 11.7 Å². The Morgan fingerprint density at radius 2 is 1.38 bits per heavy atom. The summed E-state index contributed by atoms with van der Waals surface area (Å²) >= 11 is 1.62. The molecule has 1 saturated heterocycles. The third kappa shape index (κ3) is 4.83. The maximum atomic E-state index is 12.8. The van der Waals surface area contributed by atoms with Gasteiger partial charge in [-0.05, 0) is 0 Å². The van der Waals surface area contributed by atoms with E-state index < -0.39 is 8.32 Å². The van der Waals surface area contributed by atoms with Gasteiger partial charge in [0.05, 0.1) is 0 Å². The summed E-state index contributed by atoms with van der Waals surface area (Å²) in [6, 6.07) is 32.0. The van der Waals surface area contributed by atoms with Gasteiger partial charge in [0.25, 0.3) is 0 Å². The van der Waals surface area contributed by atoms with Crippen molar-refractivity contribution in [2.24, 2.45) is 5.92 Å². The van der Waals surface area contributed by atoms with Gasteiger partial charge in [-0.15, -0.1) is 0 Å². The Morgan fingerprint density at radius 1 is 0.875 bits per heavy atom. The Labute approximate surface area is 203 Å². The summed E-state index contributed by atoms with van der Waals surface area (Å²) in [7, 11) is -2.57. The summed E-state index contributed by atoms with van der Waals surface area (Å²) in [4.78, 5) is 12.9. The van der Waals surface area contributed by atoms with E-state index in [-0.39, 0.29) is 30.7 Å². The molecule has 0 N–H and O–H groups in total. The Bertz CT molecular complexity index is 982. The predicted octanol–water partition coefficient (Wildman–Crippen LogP) is 4.27. The number of thioether (sulfide) groups is 1. The second kappa shape index (κ2) is 10.1. The maximum absolute atomic E-state index is 12.8. The minimum atomic E-state index is -2.57. The number of benzene rings is 3. The van der Waals surface area contributed by atoms with Crippen LogP contribution in [0.3, 0.4) is 0 Å². The molecule has 32 heavy (non-hydrogen) atoms. The molecule has 1 fully saturated rings. The third-order valence-electron chi connectivity index (χ3n) is 6.04. The van der Waals surface area contributed by atoms with Crippen LogP contribution < -0.4 is 14.8 Å². The van der Waals surface area contributed by atoms with Crippen LogP contribution in [0.25, 0.3) is 0 Å². The number of rotatable bonds is 7. The average molecular weight is 526 g/mol. The van der Waals surface area contributed by atoms with E-state index in [1.807, 2.05) is 6.07 Å². The quantitative estimate of drug-likeness (QED) is 0.431. The standard InChI is InChI=1S/C27H30O2SSeSi/c1-27(2,3)32(23-15-9-5-10-16-23,24-17-11-6-12-18-24)29-19-21-20-30-26(28)25(21)31-22-13-7-4-8-14-22/h4-18,21,25H,19-20H2,1-3H3/t21-,25+/m1/s1. The molecule has 0 saturated carbocycles. The zero-order valence-electron chi connectivity index (χ0n) is 18.9. The van der Waals surface area contributed by atoms with Crippen LogP contribution in [0, 0.1) is 5.92 Å². The van der Waals surface area contributed by atoms with Gasteiger partial charge in [-0.1, -0.05) is 0 Å². The van der Waals surface area contributed by atoms with E-state index in [1.165, 1.54) is 26.6 Å². The second-order valence-electron chi connectivity index (χ2n) is 9.22. The van der Waals surface area contributed by atoms with Gasteiger partial charge < -0.3 is 0 Å². The Kier molecular flexibility index (Phi) is 7.43. The number of carbonyl (C=O) groups excluding carboxylic acids is 1. The molecule has 0 spiro atoms. The molecule has 2 nitrogen and oxygen atoms in total. The van der Waals surface area contributed by atoms with Gasteiger partial charge in [0.15, 0.2) is 0 Å². The van der Waals surface area contributed by atoms with Crippen LogP contribution in [0.5, 0.6) is 0 Å². The summed E-state index contributed by atoms with van der Waals surface area (Å²) in [6.45, 7) is 7.54. The van der Waals surface area contributed by atoms with Crippen molar-refractivity contribution in [2.75, 3.05) is 12.4 Å². The molecule has 5 heteroatoms. The summed E-state index contributed by atoms with van der Waals surface area (Å²) in [5.41, 5.74) is 0. The Morgan fingerprint density at radius 3 is 1.88 bits per heavy atom. The van der Waals surface area contributed by atoms with Crippen molar-refractivity contribution in [1.29, 1.82) is 0 Å². The van der Waals surface area contributed by atoms with Gasteiger partial charge in [-0.2, -0.15) is 0 Å². The number of hydrogen-bond acceptors (Lipinski definition) is 3. The molecule has 1 heterocycles. The van der Waals surface area contributed by atoms with Crippen molar-refractivity contribution in [2.45, 2.75) is 30.6 Å². The van der Waals surface area contributed by atoms with Crippen LogP contribution >= 0.6 is 11.8 Å². The van der Waals surface area contributed by atoms with Crippen molar-refractivity contribution in [3.05, 3.63) is 91.0 Å². The average Bonchev–Trinajstić information content (AvgIpc) is 3.15. The minimum absolute atomic E-state index is 0.0501. The number of carbonyl (C=O) groups is 1. The monoisotopic (exact) mass is 526 g/mol. The van der Waals surface area contributed by atoms with E-state index in [4.69, 9.17) is 4.43 Å². The first-order chi connectivity index (χ1) is 15.4. The van der Waals surface area contributed by atoms with Gasteiger partial charge >= 0.3 is 204 Å². The summed E-state index contributed by atoms with van der Waals surface area (Å²) in [6.07, 6.45) is 0. The Hall–Kier alpha value is -1.62. The molecular formula is C27H30O2SSeSi. The van der Waals surface area contributed by atoms with Crippen molar-refractivity contribution in [3.63, 3.8) is 0 Å². The van der Waals surface area contributed by atoms with Gasteiger partial charge in [0.2, 0.25) is 0 Å². The number of hydrogen-bond donors (Lipinski definition) is 0. The predicted molar refractivity (Wildman–Crippen MR) is 140 cm³/mol. The SMILES string of the molecule is CC(C)(C)[Si](OC[C@@H]1CSC(=O)[C@H]1[Se]c1ccccc1)(c1ccccc1)c1ccccc1. The normalized spacial score (nSPS) is 19.3. The van der Waals surface area contributed by atoms with Crippen molar-refractivity contribution >= 4 is 55.0 Å². The van der Waals surface area contributed by atoms with E-state index in [0.717, 1.165) is 5.75 Å². The molecule has 3 aromatic rings. The fourth-order valence-corrected chi connectivity index (χ4v) is 13.3. The molecule has 0 amide bonds. The zero-order chi connectivity index (χ0) is 22.6. The molecule has 0 radical (unpaired) electrons. The van der Waals surface area contributed by atoms with E-state index in [1.54, 1.807) is 0 Å². The van der Waals surface area contributed by atoms with E-state index >= 15 is 0 Å². The molecule has 3 aromatic carbocycles. The van der Waals surface area contributed by atoms with Gasteiger partial charge in [0, 0.05) is 0 Å². The first kappa shape index (κ1) is 23.5. The van der Waals surface area contributed by atoms with Gasteiger partial charge in [-0.25, -0.2) is 0 Å². The molecular weight excluding hydrogens is 495 g/mol. The fourth-order valence-electron chi connectivity index (χ4n) is 4.47. The first-order valence-electron chi connectivity index (χ1n) is 11.1. The summed E-state index contributed by atoms with van der Waals surface area (Å²) < 4.78 is 8.44. The van der Waals surface area contributed by atoms with Crippen molar-refractivity contribution in [1.82, 2.24) is 0 Å². The Balaban J connectivity index is 1.67.